The topological polar surface area (TPSA) is 0 Å². The molecular formula is C49H64Si2Zr. The summed E-state index contributed by atoms with van der Waals surface area (Å²) in [4.78, 5) is 0. The molecule has 0 unspecified atom stereocenters. The van der Waals surface area contributed by atoms with Gasteiger partial charge in [0, 0.05) is 0 Å². The van der Waals surface area contributed by atoms with E-state index in [9.17, 15) is 0 Å². The van der Waals surface area contributed by atoms with Gasteiger partial charge in [0.15, 0.2) is 0 Å². The Bertz CT molecular complexity index is 1790. The summed E-state index contributed by atoms with van der Waals surface area (Å²) >= 11 is -2.53. The van der Waals surface area contributed by atoms with Crippen molar-refractivity contribution in [1.82, 2.24) is 0 Å². The Morgan fingerprint density at radius 3 is 1.38 bits per heavy atom. The second-order valence-electron chi connectivity index (χ2n) is 18.4. The van der Waals surface area contributed by atoms with Gasteiger partial charge in [0.1, 0.15) is 0 Å². The molecule has 0 atom stereocenters. The van der Waals surface area contributed by atoms with Gasteiger partial charge in [-0.15, -0.1) is 0 Å². The Labute approximate surface area is 327 Å². The van der Waals surface area contributed by atoms with E-state index >= 15 is 0 Å². The van der Waals surface area contributed by atoms with Gasteiger partial charge >= 0.3 is 329 Å². The molecule has 0 saturated heterocycles. The van der Waals surface area contributed by atoms with Crippen molar-refractivity contribution >= 4 is 19.4 Å². The van der Waals surface area contributed by atoms with E-state index in [-0.39, 0.29) is 0 Å². The van der Waals surface area contributed by atoms with Crippen LogP contribution in [0.3, 0.4) is 0 Å². The van der Waals surface area contributed by atoms with Crippen molar-refractivity contribution in [1.29, 1.82) is 0 Å². The fraction of sp³-hybridized carbons (Fsp3) is 0.408. The summed E-state index contributed by atoms with van der Waals surface area (Å²) < 4.78 is 2.93. The van der Waals surface area contributed by atoms with Crippen LogP contribution in [-0.2, 0) is 47.0 Å². The van der Waals surface area contributed by atoms with Crippen LogP contribution in [-0.4, -0.2) is 19.4 Å². The molecule has 272 valence electrons. The normalized spacial score (nSPS) is 14.2. The van der Waals surface area contributed by atoms with Gasteiger partial charge in [-0.2, -0.15) is 0 Å². The Hall–Kier alpha value is -2.45. The Morgan fingerprint density at radius 1 is 0.558 bits per heavy atom. The molecule has 0 aliphatic heterocycles. The number of hydrogen-bond acceptors (Lipinski definition) is 0. The molecule has 3 heteroatoms. The Kier molecular flexibility index (Phi) is 13.1. The van der Waals surface area contributed by atoms with Gasteiger partial charge in [0.2, 0.25) is 0 Å². The van der Waals surface area contributed by atoms with Crippen LogP contribution < -0.4 is 0 Å². The number of aryl methyl sites for hydroxylation is 4. The molecule has 0 aromatic heterocycles. The predicted octanol–water partition coefficient (Wildman–Crippen LogP) is 13.9. The van der Waals surface area contributed by atoms with E-state index in [1.165, 1.54) is 72.9 Å². The molecule has 0 N–H and O–H groups in total. The molecule has 0 saturated carbocycles. The molecule has 0 spiro atoms. The van der Waals surface area contributed by atoms with Crippen LogP contribution in [0.15, 0.2) is 109 Å². The molecule has 4 aromatic carbocycles. The molecule has 0 nitrogen and oxygen atoms in total. The summed E-state index contributed by atoms with van der Waals surface area (Å²) in [5.74, 6) is 0. The number of unbranched alkanes of at least 4 members (excludes halogenated alkanes) is 2. The number of rotatable bonds is 16. The van der Waals surface area contributed by atoms with E-state index < -0.39 is 37.4 Å². The Balaban J connectivity index is 1.49. The first-order valence-electron chi connectivity index (χ1n) is 20.3. The van der Waals surface area contributed by atoms with Gasteiger partial charge in [-0.3, -0.25) is 0 Å². The third-order valence-electron chi connectivity index (χ3n) is 11.5. The molecule has 0 radical (unpaired) electrons. The van der Waals surface area contributed by atoms with Crippen molar-refractivity contribution in [2.75, 3.05) is 0 Å². The molecular weight excluding hydrogens is 736 g/mol. The monoisotopic (exact) mass is 798 g/mol. The van der Waals surface area contributed by atoms with Crippen LogP contribution in [0, 0.1) is 13.8 Å². The molecule has 4 aromatic rings. The van der Waals surface area contributed by atoms with Crippen LogP contribution in [0.4, 0.5) is 0 Å². The molecule has 52 heavy (non-hydrogen) atoms. The first-order valence-corrected chi connectivity index (χ1v) is 31.8. The minimum absolute atomic E-state index is 0.520. The average molecular weight is 800 g/mol. The summed E-state index contributed by atoms with van der Waals surface area (Å²) in [6.07, 6.45) is 19.8. The SMILES string of the molecule is Cc1cc2c(cc1CCCC[Si](C)(C)C)-c1cc(CCCC[Si](C)(C)C)c(C)cc1[CH]2[Zr](=[C](Cc1ccccc1)Cc1ccccc1)[CH]1C=CC=C1. The molecule has 2 aliphatic rings. The molecule has 0 fully saturated rings. The maximum absolute atomic E-state index is 2.68. The van der Waals surface area contributed by atoms with Gasteiger partial charge in [-0.05, 0) is 0 Å². The average Bonchev–Trinajstić information content (AvgIpc) is 3.72. The Morgan fingerprint density at radius 2 is 0.981 bits per heavy atom. The fourth-order valence-electron chi connectivity index (χ4n) is 8.70. The zero-order chi connectivity index (χ0) is 36.9. The maximum atomic E-state index is 2.68. The van der Waals surface area contributed by atoms with Gasteiger partial charge in [-0.1, -0.05) is 0 Å². The molecule has 0 heterocycles. The molecule has 2 aliphatic carbocycles. The quantitative estimate of drug-likeness (QED) is 0.0782. The van der Waals surface area contributed by atoms with E-state index in [4.69, 9.17) is 0 Å². The first kappa shape index (κ1) is 39.2. The number of fused-ring (bicyclic) bond motifs is 3. The van der Waals surface area contributed by atoms with Gasteiger partial charge < -0.3 is 0 Å². The van der Waals surface area contributed by atoms with Gasteiger partial charge in [0.25, 0.3) is 0 Å². The van der Waals surface area contributed by atoms with Crippen LogP contribution in [0.5, 0.6) is 0 Å². The summed E-state index contributed by atoms with van der Waals surface area (Å²) in [6, 6.07) is 36.3. The number of benzene rings is 4. The summed E-state index contributed by atoms with van der Waals surface area (Å²) in [5, 5.41) is 0. The summed E-state index contributed by atoms with van der Waals surface area (Å²) in [5.41, 5.74) is 15.6. The second kappa shape index (κ2) is 17.3. The van der Waals surface area contributed by atoms with Crippen molar-refractivity contribution in [2.24, 2.45) is 0 Å². The molecule has 0 bridgehead atoms. The summed E-state index contributed by atoms with van der Waals surface area (Å²) in [7, 11) is -2.03. The van der Waals surface area contributed by atoms with Crippen LogP contribution >= 0.6 is 0 Å². The van der Waals surface area contributed by atoms with Crippen LogP contribution in [0.1, 0.15) is 73.8 Å². The fourth-order valence-corrected chi connectivity index (χ4v) is 20.8. The third-order valence-corrected chi connectivity index (χ3v) is 23.9. The number of hydrogen-bond donors (Lipinski definition) is 0. The van der Waals surface area contributed by atoms with Crippen molar-refractivity contribution in [2.45, 2.75) is 124 Å². The van der Waals surface area contributed by atoms with Crippen molar-refractivity contribution in [3.8, 4) is 11.1 Å². The standard InChI is InChI=1S/C29H45Si2.C15H14.C5H5.Zr/c1-22-17-26-19-27-18-23(2)25(14-10-12-16-31(6,7)8)21-29(27)28(26)20-24(22)13-9-11-15-30(3,4)5;1-3-8-14(9-4-1)12-7-13-15-10-5-2-6-11-15;1-2-4-5-3-1;/h17-21H,9-16H2,1-8H3;1-6,8-11H,12-13H2;1-5H;. The zero-order valence-electron chi connectivity index (χ0n) is 33.6. The summed E-state index contributed by atoms with van der Waals surface area (Å²) in [6.45, 7) is 20.0. The van der Waals surface area contributed by atoms with Crippen molar-refractivity contribution in [3.05, 3.63) is 154 Å². The molecule has 0 amide bonds. The van der Waals surface area contributed by atoms with Crippen molar-refractivity contribution < 1.29 is 21.3 Å². The van der Waals surface area contributed by atoms with Crippen LogP contribution in [0.25, 0.3) is 11.1 Å². The first-order chi connectivity index (χ1) is 24.9. The van der Waals surface area contributed by atoms with E-state index in [0.29, 0.717) is 7.25 Å². The van der Waals surface area contributed by atoms with E-state index in [1.807, 2.05) is 3.21 Å². The third kappa shape index (κ3) is 10.2. The van der Waals surface area contributed by atoms with Crippen molar-refractivity contribution in [3.63, 3.8) is 0 Å². The molecule has 6 rings (SSSR count). The minimum atomic E-state index is -2.53. The van der Waals surface area contributed by atoms with E-state index in [2.05, 4.69) is 162 Å². The van der Waals surface area contributed by atoms with Crippen LogP contribution in [0.2, 0.25) is 55.0 Å². The predicted molar refractivity (Wildman–Crippen MR) is 233 cm³/mol. The van der Waals surface area contributed by atoms with E-state index in [0.717, 1.165) is 12.8 Å². The number of allylic oxidation sites excluding steroid dienone is 4. The van der Waals surface area contributed by atoms with Gasteiger partial charge in [-0.25, -0.2) is 0 Å². The van der Waals surface area contributed by atoms with Gasteiger partial charge in [0.05, 0.1) is 0 Å². The van der Waals surface area contributed by atoms with E-state index in [1.54, 1.807) is 33.4 Å². The second-order valence-corrected chi connectivity index (χ2v) is 36.7. The zero-order valence-corrected chi connectivity index (χ0v) is 38.1.